The molecule has 0 bridgehead atoms. The Labute approximate surface area is 65.9 Å². The van der Waals surface area contributed by atoms with Crippen molar-refractivity contribution in [1.29, 1.82) is 0 Å². The monoisotopic (exact) mass is 161 g/mol. The van der Waals surface area contributed by atoms with Gasteiger partial charge in [-0.15, -0.1) is 0 Å². The van der Waals surface area contributed by atoms with E-state index in [9.17, 15) is 0 Å². The molecule has 0 spiro atoms. The van der Waals surface area contributed by atoms with Gasteiger partial charge in [-0.25, -0.2) is 4.99 Å². The molecule has 0 aromatic carbocycles. The van der Waals surface area contributed by atoms with Crippen LogP contribution >= 0.6 is 24.0 Å². The van der Waals surface area contributed by atoms with E-state index in [1.165, 1.54) is 11.5 Å². The molecule has 0 aliphatic rings. The molecule has 0 N–H and O–H groups in total. The van der Waals surface area contributed by atoms with Gasteiger partial charge in [-0.3, -0.25) is 0 Å². The highest BCUT2D eigenvalue weighted by molar-refractivity contribution is 7.99. The largest absolute Gasteiger partial charge is 0.233 e. The van der Waals surface area contributed by atoms with Crippen molar-refractivity contribution in [1.82, 2.24) is 0 Å². The molecule has 0 saturated heterocycles. The molecule has 0 saturated carbocycles. The summed E-state index contributed by atoms with van der Waals surface area (Å²) in [5.41, 5.74) is 0. The predicted octanol–water partition coefficient (Wildman–Crippen LogP) is 2.23. The van der Waals surface area contributed by atoms with Crippen LogP contribution in [0, 0.1) is 0 Å². The number of hydrogen-bond donors (Lipinski definition) is 0. The fourth-order valence-electron chi connectivity index (χ4n) is 0.436. The van der Waals surface area contributed by atoms with Gasteiger partial charge >= 0.3 is 0 Å². The molecular formula is C6H11NS2. The highest BCUT2D eigenvalue weighted by Gasteiger charge is 1.82. The first-order valence-corrected chi connectivity index (χ1v) is 4.59. The summed E-state index contributed by atoms with van der Waals surface area (Å²) >= 11 is 6.34. The third kappa shape index (κ3) is 8.15. The first kappa shape index (κ1) is 9.15. The van der Waals surface area contributed by atoms with Crippen molar-refractivity contribution in [2.45, 2.75) is 13.3 Å². The minimum atomic E-state index is 0.844. The van der Waals surface area contributed by atoms with E-state index < -0.39 is 0 Å². The quantitative estimate of drug-likeness (QED) is 0.348. The molecular weight excluding hydrogens is 150 g/mol. The normalized spacial score (nSPS) is 8.56. The van der Waals surface area contributed by atoms with Crippen molar-refractivity contribution in [2.75, 3.05) is 18.1 Å². The van der Waals surface area contributed by atoms with E-state index >= 15 is 0 Å². The van der Waals surface area contributed by atoms with Crippen LogP contribution in [-0.2, 0) is 0 Å². The summed E-state index contributed by atoms with van der Waals surface area (Å²) in [5, 5.41) is 2.34. The van der Waals surface area contributed by atoms with Crippen LogP contribution in [0.3, 0.4) is 0 Å². The molecule has 52 valence electrons. The molecule has 3 heteroatoms. The van der Waals surface area contributed by atoms with E-state index in [-0.39, 0.29) is 0 Å². The van der Waals surface area contributed by atoms with Gasteiger partial charge in [0.1, 0.15) is 0 Å². The Morgan fingerprint density at radius 3 is 3.00 bits per heavy atom. The van der Waals surface area contributed by atoms with Gasteiger partial charge in [0, 0.05) is 0 Å². The molecule has 0 atom stereocenters. The Bertz CT molecular complexity index is 97.2. The maximum atomic E-state index is 4.41. The molecule has 0 rings (SSSR count). The molecule has 0 unspecified atom stereocenters. The van der Waals surface area contributed by atoms with Gasteiger partial charge in [-0.2, -0.15) is 11.8 Å². The third-order valence-corrected chi connectivity index (χ3v) is 1.94. The Balaban J connectivity index is 2.82. The van der Waals surface area contributed by atoms with E-state index in [2.05, 4.69) is 29.3 Å². The smallest absolute Gasteiger partial charge is 0.0584 e. The highest BCUT2D eigenvalue weighted by Crippen LogP contribution is 1.99. The fourth-order valence-corrected chi connectivity index (χ4v) is 1.15. The summed E-state index contributed by atoms with van der Waals surface area (Å²) in [6.45, 7) is 3.00. The van der Waals surface area contributed by atoms with E-state index in [4.69, 9.17) is 0 Å². The van der Waals surface area contributed by atoms with Crippen molar-refractivity contribution in [3.63, 3.8) is 0 Å². The van der Waals surface area contributed by atoms with Crippen molar-refractivity contribution in [3.8, 4) is 0 Å². The zero-order valence-electron chi connectivity index (χ0n) is 5.59. The summed E-state index contributed by atoms with van der Waals surface area (Å²) in [5.74, 6) is 2.39. The van der Waals surface area contributed by atoms with Gasteiger partial charge in [0.05, 0.1) is 11.7 Å². The summed E-state index contributed by atoms with van der Waals surface area (Å²) < 4.78 is 0. The van der Waals surface area contributed by atoms with E-state index in [0.29, 0.717) is 0 Å². The fraction of sp³-hybridized carbons (Fsp3) is 0.833. The van der Waals surface area contributed by atoms with E-state index in [1.54, 1.807) is 0 Å². The first-order chi connectivity index (χ1) is 4.41. The summed E-state index contributed by atoms with van der Waals surface area (Å²) in [6.07, 6.45) is 1.13. The zero-order chi connectivity index (χ0) is 6.95. The van der Waals surface area contributed by atoms with Crippen LogP contribution in [0.1, 0.15) is 13.3 Å². The number of thiocarbonyl (C=S) groups is 1. The summed E-state index contributed by atoms with van der Waals surface area (Å²) in [6, 6.07) is 0. The molecule has 0 aromatic rings. The third-order valence-electron chi connectivity index (χ3n) is 0.827. The minimum absolute atomic E-state index is 0.844. The van der Waals surface area contributed by atoms with Crippen LogP contribution < -0.4 is 0 Å². The lowest BCUT2D eigenvalue weighted by Crippen LogP contribution is -1.83. The minimum Gasteiger partial charge on any atom is -0.233 e. The number of thioether (sulfide) groups is 1. The van der Waals surface area contributed by atoms with Crippen LogP contribution in [0.15, 0.2) is 4.99 Å². The molecule has 9 heavy (non-hydrogen) atoms. The lowest BCUT2D eigenvalue weighted by molar-refractivity contribution is 0.950. The molecule has 0 heterocycles. The average Bonchev–Trinajstić information content (AvgIpc) is 1.89. The van der Waals surface area contributed by atoms with Crippen molar-refractivity contribution in [3.05, 3.63) is 0 Å². The lowest BCUT2D eigenvalue weighted by atomic mass is 10.5. The number of rotatable bonds is 5. The average molecular weight is 161 g/mol. The number of isothiocyanates is 1. The van der Waals surface area contributed by atoms with Crippen LogP contribution in [0.2, 0.25) is 0 Å². The number of aliphatic imine (C=N–C) groups is 1. The molecule has 1 nitrogen and oxygen atoms in total. The Morgan fingerprint density at radius 2 is 2.44 bits per heavy atom. The second-order valence-electron chi connectivity index (χ2n) is 1.52. The lowest BCUT2D eigenvalue weighted by Gasteiger charge is -1.91. The second-order valence-corrected chi connectivity index (χ2v) is 3.10. The topological polar surface area (TPSA) is 12.4 Å². The van der Waals surface area contributed by atoms with Gasteiger partial charge in [-0.1, -0.05) is 6.92 Å². The maximum absolute atomic E-state index is 4.41. The molecule has 0 radical (unpaired) electrons. The van der Waals surface area contributed by atoms with Crippen LogP contribution in [-0.4, -0.2) is 23.2 Å². The van der Waals surface area contributed by atoms with Gasteiger partial charge < -0.3 is 0 Å². The Kier molecular flexibility index (Phi) is 8.29. The molecule has 0 aromatic heterocycles. The Morgan fingerprint density at radius 1 is 1.67 bits per heavy atom. The standard InChI is InChI=1S/C6H11NS2/c1-2-9-5-3-4-7-6-8/h2-5H2,1H3. The van der Waals surface area contributed by atoms with E-state index in [1.807, 2.05) is 11.8 Å². The van der Waals surface area contributed by atoms with Gasteiger partial charge in [0.2, 0.25) is 0 Å². The van der Waals surface area contributed by atoms with Gasteiger partial charge in [0.25, 0.3) is 0 Å². The first-order valence-electron chi connectivity index (χ1n) is 3.03. The summed E-state index contributed by atoms with van der Waals surface area (Å²) in [7, 11) is 0. The highest BCUT2D eigenvalue weighted by atomic mass is 32.2. The zero-order valence-corrected chi connectivity index (χ0v) is 7.23. The van der Waals surface area contributed by atoms with Gasteiger partial charge in [-0.05, 0) is 30.1 Å². The van der Waals surface area contributed by atoms with Crippen LogP contribution in [0.4, 0.5) is 0 Å². The second kappa shape index (κ2) is 8.15. The predicted molar refractivity (Wildman–Crippen MR) is 47.5 cm³/mol. The van der Waals surface area contributed by atoms with Crippen LogP contribution in [0.5, 0.6) is 0 Å². The van der Waals surface area contributed by atoms with E-state index in [0.717, 1.165) is 13.0 Å². The van der Waals surface area contributed by atoms with Gasteiger partial charge in [0.15, 0.2) is 0 Å². The number of nitrogens with zero attached hydrogens (tertiary/aromatic N) is 1. The van der Waals surface area contributed by atoms with Crippen molar-refractivity contribution in [2.24, 2.45) is 4.99 Å². The molecule has 0 aliphatic carbocycles. The maximum Gasteiger partial charge on any atom is 0.0584 e. The molecule has 0 aliphatic heterocycles. The van der Waals surface area contributed by atoms with Crippen LogP contribution in [0.25, 0.3) is 0 Å². The van der Waals surface area contributed by atoms with Crippen molar-refractivity contribution < 1.29 is 0 Å². The summed E-state index contributed by atoms with van der Waals surface area (Å²) in [4.78, 5) is 3.80. The molecule has 0 fully saturated rings. The SMILES string of the molecule is CCSCCCN=C=S. The Hall–Kier alpha value is 0.150. The van der Waals surface area contributed by atoms with Crippen molar-refractivity contribution >= 4 is 29.1 Å². The number of hydrogen-bond acceptors (Lipinski definition) is 3. The molecule has 0 amide bonds.